The lowest BCUT2D eigenvalue weighted by molar-refractivity contribution is -0.137. The minimum atomic E-state index is -4.29. The molecule has 0 unspecified atom stereocenters. The van der Waals surface area contributed by atoms with E-state index in [0.29, 0.717) is 11.8 Å². The van der Waals surface area contributed by atoms with Gasteiger partial charge in [0, 0.05) is 5.92 Å². The second-order valence-corrected chi connectivity index (χ2v) is 5.63. The van der Waals surface area contributed by atoms with Gasteiger partial charge in [-0.15, -0.1) is 0 Å². The third-order valence-corrected chi connectivity index (χ3v) is 4.69. The number of hydrogen-bond donors (Lipinski definition) is 0. The summed E-state index contributed by atoms with van der Waals surface area (Å²) in [6.07, 6.45) is -1.03. The van der Waals surface area contributed by atoms with Crippen molar-refractivity contribution in [3.05, 3.63) is 35.4 Å². The van der Waals surface area contributed by atoms with Crippen LogP contribution in [0.5, 0.6) is 0 Å². The molecular weight excluding hydrogens is 251 g/mol. The Labute approximate surface area is 110 Å². The highest BCUT2D eigenvalue weighted by molar-refractivity contribution is 5.31. The third kappa shape index (κ3) is 2.01. The van der Waals surface area contributed by atoms with Gasteiger partial charge in [-0.05, 0) is 48.8 Å². The average molecular weight is 265 g/mol. The Bertz CT molecular complexity index is 512. The van der Waals surface area contributed by atoms with E-state index >= 15 is 0 Å². The summed E-state index contributed by atoms with van der Waals surface area (Å²) in [5, 5.41) is 9.27. The monoisotopic (exact) mass is 265 g/mol. The molecule has 2 bridgehead atoms. The Morgan fingerprint density at radius 3 is 2.26 bits per heavy atom. The average Bonchev–Trinajstić information content (AvgIpc) is 2.97. The van der Waals surface area contributed by atoms with Crippen LogP contribution in [0, 0.1) is 29.1 Å². The molecule has 0 radical (unpaired) electrons. The summed E-state index contributed by atoms with van der Waals surface area (Å²) in [6, 6.07) is 7.74. The normalized spacial score (nSPS) is 33.4. The van der Waals surface area contributed by atoms with Crippen molar-refractivity contribution in [3.63, 3.8) is 0 Å². The third-order valence-electron chi connectivity index (χ3n) is 4.69. The van der Waals surface area contributed by atoms with Crippen molar-refractivity contribution in [2.75, 3.05) is 0 Å². The molecule has 1 nitrogen and oxygen atoms in total. The van der Waals surface area contributed by atoms with Crippen LogP contribution in [-0.4, -0.2) is 0 Å². The SMILES string of the molecule is N#C[C@@H]1[C@H]2CC[C@H](C2)[C@@H]1c1ccc(C(F)(F)F)cc1. The lowest BCUT2D eigenvalue weighted by Gasteiger charge is -2.26. The first-order chi connectivity index (χ1) is 9.00. The number of rotatable bonds is 1. The number of hydrogen-bond acceptors (Lipinski definition) is 1. The molecule has 0 amide bonds. The molecular formula is C15H14F3N. The van der Waals surface area contributed by atoms with Crippen LogP contribution in [0.3, 0.4) is 0 Å². The molecule has 1 aromatic carbocycles. The van der Waals surface area contributed by atoms with Crippen LogP contribution in [0.15, 0.2) is 24.3 Å². The predicted molar refractivity (Wildman–Crippen MR) is 64.1 cm³/mol. The first kappa shape index (κ1) is 12.5. The van der Waals surface area contributed by atoms with Crippen LogP contribution < -0.4 is 0 Å². The van der Waals surface area contributed by atoms with E-state index in [-0.39, 0.29) is 11.8 Å². The molecule has 0 spiro atoms. The van der Waals surface area contributed by atoms with E-state index in [9.17, 15) is 18.4 Å². The fourth-order valence-corrected chi connectivity index (χ4v) is 3.85. The standard InChI is InChI=1S/C15H14F3N/c16-15(17,18)12-5-3-9(4-6-12)14-11-2-1-10(7-11)13(14)8-19/h3-6,10-11,13-14H,1-2,7H2/t10-,11+,13+,14-/m0/s1. The molecule has 2 saturated carbocycles. The molecule has 100 valence electrons. The van der Waals surface area contributed by atoms with E-state index in [1.54, 1.807) is 12.1 Å². The van der Waals surface area contributed by atoms with Crippen molar-refractivity contribution in [3.8, 4) is 6.07 Å². The van der Waals surface area contributed by atoms with Crippen LogP contribution in [-0.2, 0) is 6.18 Å². The summed E-state index contributed by atoms with van der Waals surface area (Å²) in [7, 11) is 0. The van der Waals surface area contributed by atoms with E-state index in [0.717, 1.165) is 37.0 Å². The number of nitrogens with zero attached hydrogens (tertiary/aromatic N) is 1. The second-order valence-electron chi connectivity index (χ2n) is 5.63. The Morgan fingerprint density at radius 2 is 1.68 bits per heavy atom. The van der Waals surface area contributed by atoms with Crippen LogP contribution in [0.2, 0.25) is 0 Å². The predicted octanol–water partition coefficient (Wildman–Crippen LogP) is 4.36. The zero-order valence-electron chi connectivity index (χ0n) is 10.3. The Kier molecular flexibility index (Phi) is 2.81. The van der Waals surface area contributed by atoms with Gasteiger partial charge in [-0.3, -0.25) is 0 Å². The Morgan fingerprint density at radius 1 is 1.05 bits per heavy atom. The molecule has 2 fully saturated rings. The van der Waals surface area contributed by atoms with Gasteiger partial charge in [0.15, 0.2) is 0 Å². The zero-order valence-corrected chi connectivity index (χ0v) is 10.3. The highest BCUT2D eigenvalue weighted by atomic mass is 19.4. The largest absolute Gasteiger partial charge is 0.416 e. The fraction of sp³-hybridized carbons (Fsp3) is 0.533. The molecule has 0 N–H and O–H groups in total. The molecule has 4 atom stereocenters. The molecule has 0 aromatic heterocycles. The minimum Gasteiger partial charge on any atom is -0.198 e. The van der Waals surface area contributed by atoms with E-state index < -0.39 is 11.7 Å². The molecule has 19 heavy (non-hydrogen) atoms. The molecule has 0 saturated heterocycles. The maximum atomic E-state index is 12.5. The van der Waals surface area contributed by atoms with Crippen LogP contribution in [0.4, 0.5) is 13.2 Å². The molecule has 2 aliphatic rings. The molecule has 4 heteroatoms. The molecule has 2 aliphatic carbocycles. The number of fused-ring (bicyclic) bond motifs is 2. The molecule has 0 aliphatic heterocycles. The highest BCUT2D eigenvalue weighted by Gasteiger charge is 2.48. The summed E-state index contributed by atoms with van der Waals surface area (Å²) >= 11 is 0. The van der Waals surface area contributed by atoms with Gasteiger partial charge in [0.2, 0.25) is 0 Å². The minimum absolute atomic E-state index is 0.0181. The first-order valence-corrected chi connectivity index (χ1v) is 6.57. The highest BCUT2D eigenvalue weighted by Crippen LogP contribution is 2.56. The van der Waals surface area contributed by atoms with Crippen LogP contribution in [0.25, 0.3) is 0 Å². The topological polar surface area (TPSA) is 23.8 Å². The van der Waals surface area contributed by atoms with Crippen molar-refractivity contribution in [2.45, 2.75) is 31.4 Å². The lowest BCUT2D eigenvalue weighted by Crippen LogP contribution is -2.19. The number of nitriles is 1. The summed E-state index contributed by atoms with van der Waals surface area (Å²) in [5.74, 6) is 1.04. The van der Waals surface area contributed by atoms with Gasteiger partial charge in [0.1, 0.15) is 0 Å². The lowest BCUT2D eigenvalue weighted by atomic mass is 9.76. The fourth-order valence-electron chi connectivity index (χ4n) is 3.85. The number of alkyl halides is 3. The zero-order chi connectivity index (χ0) is 13.6. The summed E-state index contributed by atoms with van der Waals surface area (Å²) < 4.78 is 37.6. The quantitative estimate of drug-likeness (QED) is 0.740. The Balaban J connectivity index is 1.89. The van der Waals surface area contributed by atoms with Gasteiger partial charge < -0.3 is 0 Å². The number of halogens is 3. The van der Waals surface area contributed by atoms with Gasteiger partial charge in [-0.25, -0.2) is 0 Å². The van der Waals surface area contributed by atoms with E-state index in [2.05, 4.69) is 6.07 Å². The Hall–Kier alpha value is -1.50. The molecule has 3 rings (SSSR count). The van der Waals surface area contributed by atoms with Crippen molar-refractivity contribution in [2.24, 2.45) is 17.8 Å². The van der Waals surface area contributed by atoms with E-state index in [1.165, 1.54) is 0 Å². The van der Waals surface area contributed by atoms with Crippen LogP contribution >= 0.6 is 0 Å². The summed E-state index contributed by atoms with van der Waals surface area (Å²) in [6.45, 7) is 0. The van der Waals surface area contributed by atoms with Crippen molar-refractivity contribution in [1.29, 1.82) is 5.26 Å². The molecule has 0 heterocycles. The van der Waals surface area contributed by atoms with E-state index in [1.807, 2.05) is 0 Å². The second kappa shape index (κ2) is 4.26. The number of benzene rings is 1. The summed E-state index contributed by atoms with van der Waals surface area (Å²) in [4.78, 5) is 0. The maximum absolute atomic E-state index is 12.5. The van der Waals surface area contributed by atoms with E-state index in [4.69, 9.17) is 0 Å². The van der Waals surface area contributed by atoms with Gasteiger partial charge in [0.05, 0.1) is 17.6 Å². The maximum Gasteiger partial charge on any atom is 0.416 e. The molecule has 1 aromatic rings. The van der Waals surface area contributed by atoms with Crippen LogP contribution in [0.1, 0.15) is 36.3 Å². The van der Waals surface area contributed by atoms with Crippen molar-refractivity contribution < 1.29 is 13.2 Å². The first-order valence-electron chi connectivity index (χ1n) is 6.57. The van der Waals surface area contributed by atoms with Gasteiger partial charge in [-0.1, -0.05) is 12.1 Å². The van der Waals surface area contributed by atoms with Gasteiger partial charge >= 0.3 is 6.18 Å². The van der Waals surface area contributed by atoms with Gasteiger partial charge in [-0.2, -0.15) is 18.4 Å². The summed E-state index contributed by atoms with van der Waals surface area (Å²) in [5.41, 5.74) is 0.277. The van der Waals surface area contributed by atoms with Crippen molar-refractivity contribution >= 4 is 0 Å². The van der Waals surface area contributed by atoms with Crippen molar-refractivity contribution in [1.82, 2.24) is 0 Å². The van der Waals surface area contributed by atoms with Gasteiger partial charge in [0.25, 0.3) is 0 Å². The smallest absolute Gasteiger partial charge is 0.198 e.